The Bertz CT molecular complexity index is 1110. The van der Waals surface area contributed by atoms with Crippen LogP contribution in [0.5, 0.6) is 0 Å². The number of H-pyrrole nitrogens is 1. The van der Waals surface area contributed by atoms with Gasteiger partial charge in [0.2, 0.25) is 10.0 Å². The number of para-hydroxylation sites is 1. The zero-order chi connectivity index (χ0) is 18.9. The highest BCUT2D eigenvalue weighted by Gasteiger charge is 2.27. The zero-order valence-corrected chi connectivity index (χ0v) is 15.3. The van der Waals surface area contributed by atoms with E-state index in [1.165, 1.54) is 12.4 Å². The van der Waals surface area contributed by atoms with Crippen molar-refractivity contribution in [1.29, 1.82) is 0 Å². The van der Waals surface area contributed by atoms with Gasteiger partial charge in [0.1, 0.15) is 11.4 Å². The Morgan fingerprint density at radius 3 is 3.04 bits per heavy atom. The van der Waals surface area contributed by atoms with E-state index < -0.39 is 10.0 Å². The Kier molecular flexibility index (Phi) is 4.66. The second-order valence-corrected chi connectivity index (χ2v) is 8.28. The number of sulfonamides is 1. The summed E-state index contributed by atoms with van der Waals surface area (Å²) >= 11 is 0. The third-order valence-electron chi connectivity index (χ3n) is 4.53. The fraction of sp³-hybridized carbons (Fsp3) is 0.353. The number of piperidine rings is 1. The number of nitrogens with zero attached hydrogens (tertiary/aromatic N) is 3. The molecule has 0 saturated carbocycles. The third kappa shape index (κ3) is 3.86. The van der Waals surface area contributed by atoms with Gasteiger partial charge in [-0.05, 0) is 25.0 Å². The quantitative estimate of drug-likeness (QED) is 0.668. The summed E-state index contributed by atoms with van der Waals surface area (Å²) in [7, 11) is -3.62. The van der Waals surface area contributed by atoms with E-state index in [1.54, 1.807) is 23.1 Å². The van der Waals surface area contributed by atoms with Gasteiger partial charge in [-0.15, -0.1) is 0 Å². The van der Waals surface area contributed by atoms with Gasteiger partial charge in [0.15, 0.2) is 11.4 Å². The second kappa shape index (κ2) is 7.12. The average Bonchev–Trinajstić information content (AvgIpc) is 3.04. The maximum Gasteiger partial charge on any atom is 0.290 e. The van der Waals surface area contributed by atoms with E-state index in [0.29, 0.717) is 42.0 Å². The molecule has 1 fully saturated rings. The van der Waals surface area contributed by atoms with Gasteiger partial charge in [-0.2, -0.15) is 0 Å². The van der Waals surface area contributed by atoms with Crippen molar-refractivity contribution in [2.75, 3.05) is 18.0 Å². The number of hydrogen-bond acceptors (Lipinski definition) is 7. The molecular weight excluding hydrogens is 370 g/mol. The summed E-state index contributed by atoms with van der Waals surface area (Å²) in [5.74, 6) is 0.0499. The van der Waals surface area contributed by atoms with Crippen molar-refractivity contribution in [3.63, 3.8) is 0 Å². The van der Waals surface area contributed by atoms with Crippen LogP contribution in [0.1, 0.15) is 18.5 Å². The number of nitrogens with one attached hydrogen (secondary N) is 2. The van der Waals surface area contributed by atoms with Gasteiger partial charge in [-0.25, -0.2) is 18.1 Å². The maximum absolute atomic E-state index is 12.6. The van der Waals surface area contributed by atoms with Gasteiger partial charge >= 0.3 is 0 Å². The van der Waals surface area contributed by atoms with Crippen molar-refractivity contribution in [1.82, 2.24) is 19.8 Å². The van der Waals surface area contributed by atoms with E-state index in [4.69, 9.17) is 4.52 Å². The van der Waals surface area contributed by atoms with Gasteiger partial charge in [-0.3, -0.25) is 4.79 Å². The Morgan fingerprint density at radius 2 is 2.19 bits per heavy atom. The molecule has 1 aliphatic heterocycles. The summed E-state index contributed by atoms with van der Waals surface area (Å²) in [4.78, 5) is 20.4. The molecule has 3 aromatic rings. The summed E-state index contributed by atoms with van der Waals surface area (Å²) in [5.41, 5.74) is 0.655. The highest BCUT2D eigenvalue weighted by molar-refractivity contribution is 7.88. The lowest BCUT2D eigenvalue weighted by atomic mass is 10.1. The minimum absolute atomic E-state index is 0.259. The van der Waals surface area contributed by atoms with Crippen LogP contribution in [0, 0.1) is 0 Å². The predicted molar refractivity (Wildman–Crippen MR) is 99.9 cm³/mol. The number of anilines is 1. The molecule has 0 amide bonds. The number of rotatable bonds is 5. The number of fused-ring (bicyclic) bond motifs is 1. The first-order valence-corrected chi connectivity index (χ1v) is 10.3. The van der Waals surface area contributed by atoms with Crippen molar-refractivity contribution >= 4 is 26.8 Å². The fourth-order valence-electron chi connectivity index (χ4n) is 3.35. The highest BCUT2D eigenvalue weighted by Crippen LogP contribution is 2.20. The Labute approximate surface area is 155 Å². The Morgan fingerprint density at radius 1 is 1.33 bits per heavy atom. The number of aromatic nitrogens is 3. The molecule has 2 aromatic heterocycles. The van der Waals surface area contributed by atoms with Crippen LogP contribution >= 0.6 is 0 Å². The van der Waals surface area contributed by atoms with Gasteiger partial charge < -0.3 is 14.4 Å². The van der Waals surface area contributed by atoms with Crippen LogP contribution in [-0.4, -0.2) is 42.7 Å². The van der Waals surface area contributed by atoms with Gasteiger partial charge in [0.05, 0.1) is 0 Å². The summed E-state index contributed by atoms with van der Waals surface area (Å²) in [6, 6.07) is 6.84. The van der Waals surface area contributed by atoms with Crippen molar-refractivity contribution in [3.8, 4) is 0 Å². The molecule has 0 radical (unpaired) electrons. The van der Waals surface area contributed by atoms with E-state index in [1.807, 2.05) is 6.07 Å². The molecule has 3 heterocycles. The first-order chi connectivity index (χ1) is 13.0. The monoisotopic (exact) mass is 389 g/mol. The van der Waals surface area contributed by atoms with Crippen LogP contribution in [0.25, 0.3) is 11.0 Å². The molecule has 2 N–H and O–H groups in total. The average molecular weight is 389 g/mol. The van der Waals surface area contributed by atoms with Crippen LogP contribution in [0.2, 0.25) is 0 Å². The SMILES string of the molecule is O=c1[nH]ccnc1N1CCCC(NS(=O)(=O)Cc2noc3ccccc23)C1. The lowest BCUT2D eigenvalue weighted by Crippen LogP contribution is -2.49. The summed E-state index contributed by atoms with van der Waals surface area (Å²) in [5, 5.41) is 4.58. The van der Waals surface area contributed by atoms with Crippen molar-refractivity contribution < 1.29 is 12.9 Å². The predicted octanol–water partition coefficient (Wildman–Crippen LogP) is 1.000. The molecule has 10 heteroatoms. The van der Waals surface area contributed by atoms with Crippen molar-refractivity contribution in [2.24, 2.45) is 0 Å². The van der Waals surface area contributed by atoms with Gasteiger partial charge in [0.25, 0.3) is 5.56 Å². The first-order valence-electron chi connectivity index (χ1n) is 8.64. The normalized spacial score (nSPS) is 18.1. The molecule has 27 heavy (non-hydrogen) atoms. The standard InChI is InChI=1S/C17H19N5O4S/c23-17-16(18-7-8-19-17)22-9-3-4-12(10-22)21-27(24,25)11-14-13-5-1-2-6-15(13)26-20-14/h1-2,5-8,12,21H,3-4,9-11H2,(H,19,23). The van der Waals surface area contributed by atoms with Crippen molar-refractivity contribution in [2.45, 2.75) is 24.6 Å². The lowest BCUT2D eigenvalue weighted by Gasteiger charge is -2.33. The number of aromatic amines is 1. The smallest absolute Gasteiger partial charge is 0.290 e. The van der Waals surface area contributed by atoms with Gasteiger partial charge in [0, 0.05) is 36.9 Å². The van der Waals surface area contributed by atoms with Gasteiger partial charge in [-0.1, -0.05) is 17.3 Å². The molecule has 1 saturated heterocycles. The fourth-order valence-corrected chi connectivity index (χ4v) is 4.70. The highest BCUT2D eigenvalue weighted by atomic mass is 32.2. The largest absolute Gasteiger partial charge is 0.356 e. The molecule has 4 rings (SSSR count). The van der Waals surface area contributed by atoms with Crippen LogP contribution < -0.4 is 15.2 Å². The molecule has 1 aromatic carbocycles. The number of hydrogen-bond donors (Lipinski definition) is 2. The Hall–Kier alpha value is -2.72. The van der Waals surface area contributed by atoms with E-state index in [-0.39, 0.29) is 17.4 Å². The molecule has 1 aliphatic rings. The van der Waals surface area contributed by atoms with Crippen LogP contribution in [-0.2, 0) is 15.8 Å². The van der Waals surface area contributed by atoms with Crippen LogP contribution in [0.3, 0.4) is 0 Å². The van der Waals surface area contributed by atoms with Crippen molar-refractivity contribution in [3.05, 3.63) is 52.7 Å². The molecule has 1 atom stereocenters. The third-order valence-corrected chi connectivity index (χ3v) is 5.88. The topological polar surface area (TPSA) is 121 Å². The van der Waals surface area contributed by atoms with E-state index in [9.17, 15) is 13.2 Å². The van der Waals surface area contributed by atoms with E-state index in [0.717, 1.165) is 6.42 Å². The molecule has 0 spiro atoms. The number of benzene rings is 1. The summed E-state index contributed by atoms with van der Waals surface area (Å²) < 4.78 is 33.2. The second-order valence-electron chi connectivity index (χ2n) is 6.53. The summed E-state index contributed by atoms with van der Waals surface area (Å²) in [6.45, 7) is 1.05. The van der Waals surface area contributed by atoms with Crippen LogP contribution in [0.4, 0.5) is 5.82 Å². The minimum atomic E-state index is -3.62. The lowest BCUT2D eigenvalue weighted by molar-refractivity contribution is 0.445. The Balaban J connectivity index is 1.47. The van der Waals surface area contributed by atoms with E-state index >= 15 is 0 Å². The molecular formula is C17H19N5O4S. The first kappa shape index (κ1) is 17.7. The molecule has 0 bridgehead atoms. The molecule has 142 valence electrons. The van der Waals surface area contributed by atoms with E-state index in [2.05, 4.69) is 19.8 Å². The minimum Gasteiger partial charge on any atom is -0.356 e. The molecule has 0 aliphatic carbocycles. The maximum atomic E-state index is 12.6. The molecule has 9 nitrogen and oxygen atoms in total. The van der Waals surface area contributed by atoms with Crippen LogP contribution in [0.15, 0.2) is 46.0 Å². The zero-order valence-electron chi connectivity index (χ0n) is 14.5. The summed E-state index contributed by atoms with van der Waals surface area (Å²) in [6.07, 6.45) is 4.44. The molecule has 1 unspecified atom stereocenters.